The van der Waals surface area contributed by atoms with Crippen molar-refractivity contribution in [1.29, 1.82) is 0 Å². The molecule has 7 heteroatoms. The summed E-state index contributed by atoms with van der Waals surface area (Å²) < 4.78 is 15.8. The second-order valence-electron chi connectivity index (χ2n) is 7.79. The molecule has 30 heavy (non-hydrogen) atoms. The van der Waals surface area contributed by atoms with Crippen LogP contribution in [0.5, 0.6) is 11.5 Å². The molecule has 0 spiro atoms. The summed E-state index contributed by atoms with van der Waals surface area (Å²) in [6.45, 7) is 1.84. The van der Waals surface area contributed by atoms with Gasteiger partial charge in [-0.1, -0.05) is 30.3 Å². The number of rotatable bonds is 7. The van der Waals surface area contributed by atoms with E-state index in [0.717, 1.165) is 48.1 Å². The first-order valence-electron chi connectivity index (χ1n) is 10.3. The van der Waals surface area contributed by atoms with Crippen LogP contribution in [0.1, 0.15) is 35.8 Å². The molecule has 4 rings (SSSR count). The average molecular weight is 426 g/mol. The zero-order valence-electron chi connectivity index (χ0n) is 17.8. The topological polar surface area (TPSA) is 45.7 Å². The van der Waals surface area contributed by atoms with Crippen molar-refractivity contribution in [2.75, 3.05) is 20.8 Å². The summed E-state index contributed by atoms with van der Waals surface area (Å²) in [5.74, 6) is 2.68. The van der Waals surface area contributed by atoms with Gasteiger partial charge in [0.1, 0.15) is 23.4 Å². The number of benzene rings is 2. The van der Waals surface area contributed by atoms with E-state index in [-0.39, 0.29) is 0 Å². The normalized spacial score (nSPS) is 18.5. The number of aromatic nitrogens is 3. The van der Waals surface area contributed by atoms with Crippen LogP contribution in [0.25, 0.3) is 0 Å². The summed E-state index contributed by atoms with van der Waals surface area (Å²) in [5, 5.41) is 4.87. The number of hydrogen-bond acceptors (Lipinski definition) is 4. The summed E-state index contributed by atoms with van der Waals surface area (Å²) in [6.07, 6.45) is 3.07. The van der Waals surface area contributed by atoms with Gasteiger partial charge in [0.15, 0.2) is 6.67 Å². The summed E-state index contributed by atoms with van der Waals surface area (Å²) in [5.41, 5.74) is 2.46. The molecule has 0 amide bonds. The van der Waals surface area contributed by atoms with E-state index in [9.17, 15) is 0 Å². The van der Waals surface area contributed by atoms with E-state index in [1.165, 1.54) is 22.4 Å². The number of nitrogens with zero attached hydrogens (tertiary/aromatic N) is 3. The average Bonchev–Trinajstić information content (AvgIpc) is 3.34. The highest BCUT2D eigenvalue weighted by molar-refractivity contribution is 7.71. The quantitative estimate of drug-likeness (QED) is 0.592. The Morgan fingerprint density at radius 1 is 1.13 bits per heavy atom. The first-order chi connectivity index (χ1) is 14.6. The van der Waals surface area contributed by atoms with Gasteiger partial charge >= 0.3 is 0 Å². The molecule has 0 radical (unpaired) electrons. The van der Waals surface area contributed by atoms with Crippen LogP contribution in [0, 0.1) is 4.77 Å². The maximum Gasteiger partial charge on any atom is 0.202 e. The first kappa shape index (κ1) is 20.6. The maximum absolute atomic E-state index is 5.71. The number of nitrogens with one attached hydrogen (secondary N) is 1. The lowest BCUT2D eigenvalue weighted by atomic mass is 10.0. The predicted molar refractivity (Wildman–Crippen MR) is 119 cm³/mol. The minimum Gasteiger partial charge on any atom is -0.497 e. The number of hydrogen-bond donors (Lipinski definition) is 1. The van der Waals surface area contributed by atoms with Crippen molar-refractivity contribution >= 4 is 12.2 Å². The van der Waals surface area contributed by atoms with E-state index in [4.69, 9.17) is 26.8 Å². The van der Waals surface area contributed by atoms with Gasteiger partial charge in [0, 0.05) is 32.4 Å². The standard InChI is InChI=1S/C23H28N4O2S/c1-25-22(14-17-8-5-4-6-9-17)24-27(23(25)30)16-26-13-7-10-20(26)19-12-11-18(28-2)15-21(19)29-3/h4-6,8-9,11-12,15,20H,7,10,13-14,16H2,1-3H3/p+1/t20-/m1/s1. The van der Waals surface area contributed by atoms with Crippen LogP contribution in [0.2, 0.25) is 0 Å². The van der Waals surface area contributed by atoms with Crippen molar-refractivity contribution in [3.8, 4) is 11.5 Å². The maximum atomic E-state index is 5.71. The van der Waals surface area contributed by atoms with E-state index in [1.54, 1.807) is 14.2 Å². The van der Waals surface area contributed by atoms with Gasteiger partial charge in [-0.2, -0.15) is 9.78 Å². The van der Waals surface area contributed by atoms with Crippen molar-refractivity contribution in [3.05, 3.63) is 70.3 Å². The van der Waals surface area contributed by atoms with E-state index >= 15 is 0 Å². The molecule has 2 atom stereocenters. The molecule has 1 N–H and O–H groups in total. The molecule has 158 valence electrons. The van der Waals surface area contributed by atoms with E-state index in [1.807, 2.05) is 34.5 Å². The molecule has 1 fully saturated rings. The molecule has 0 aliphatic carbocycles. The number of likely N-dealkylation sites (tertiary alicyclic amines) is 1. The summed E-state index contributed by atoms with van der Waals surface area (Å²) in [7, 11) is 5.41. The third-order valence-corrected chi connectivity index (χ3v) is 6.47. The molecule has 6 nitrogen and oxygen atoms in total. The molecule has 2 heterocycles. The summed E-state index contributed by atoms with van der Waals surface area (Å²) in [4.78, 5) is 1.46. The van der Waals surface area contributed by atoms with Crippen molar-refractivity contribution in [2.24, 2.45) is 7.05 Å². The minimum absolute atomic E-state index is 0.354. The Morgan fingerprint density at radius 3 is 2.67 bits per heavy atom. The Labute approximate surface area is 182 Å². The van der Waals surface area contributed by atoms with Crippen molar-refractivity contribution < 1.29 is 14.4 Å². The Hall–Kier alpha value is -2.64. The highest BCUT2D eigenvalue weighted by Gasteiger charge is 2.33. The van der Waals surface area contributed by atoms with Crippen LogP contribution in [0.3, 0.4) is 0 Å². The van der Waals surface area contributed by atoms with Crippen LogP contribution in [-0.2, 0) is 20.1 Å². The molecule has 1 aliphatic rings. The third kappa shape index (κ3) is 4.13. The second kappa shape index (κ2) is 9.02. The van der Waals surface area contributed by atoms with Gasteiger partial charge in [-0.25, -0.2) is 0 Å². The van der Waals surface area contributed by atoms with Crippen molar-refractivity contribution in [1.82, 2.24) is 14.3 Å². The van der Waals surface area contributed by atoms with Gasteiger partial charge in [0.2, 0.25) is 4.77 Å². The largest absolute Gasteiger partial charge is 0.497 e. The molecule has 1 aliphatic heterocycles. The van der Waals surface area contributed by atoms with Gasteiger partial charge in [-0.3, -0.25) is 0 Å². The Bertz CT molecular complexity index is 1060. The van der Waals surface area contributed by atoms with Crippen LogP contribution in [0.15, 0.2) is 48.5 Å². The Morgan fingerprint density at radius 2 is 1.93 bits per heavy atom. The number of quaternary nitrogens is 1. The Balaban J connectivity index is 1.57. The van der Waals surface area contributed by atoms with Gasteiger partial charge in [-0.05, 0) is 29.9 Å². The fourth-order valence-corrected chi connectivity index (χ4v) is 4.55. The fourth-order valence-electron chi connectivity index (χ4n) is 4.34. The second-order valence-corrected chi connectivity index (χ2v) is 8.15. The van der Waals surface area contributed by atoms with Crippen LogP contribution in [0.4, 0.5) is 0 Å². The summed E-state index contributed by atoms with van der Waals surface area (Å²) in [6, 6.07) is 16.9. The monoisotopic (exact) mass is 425 g/mol. The highest BCUT2D eigenvalue weighted by Crippen LogP contribution is 2.31. The van der Waals surface area contributed by atoms with E-state index < -0.39 is 0 Å². The zero-order valence-corrected chi connectivity index (χ0v) is 18.6. The lowest BCUT2D eigenvalue weighted by molar-refractivity contribution is -0.941. The lowest BCUT2D eigenvalue weighted by Gasteiger charge is -2.23. The molecule has 2 aromatic carbocycles. The predicted octanol–water partition coefficient (Wildman–Crippen LogP) is 2.94. The van der Waals surface area contributed by atoms with Gasteiger partial charge < -0.3 is 18.9 Å². The smallest absolute Gasteiger partial charge is 0.202 e. The molecule has 0 saturated carbocycles. The molecule has 1 saturated heterocycles. The summed E-state index contributed by atoms with van der Waals surface area (Å²) >= 11 is 5.71. The van der Waals surface area contributed by atoms with Gasteiger partial charge in [-0.15, -0.1) is 0 Å². The number of methoxy groups -OCH3 is 2. The van der Waals surface area contributed by atoms with Gasteiger partial charge in [0.05, 0.1) is 26.3 Å². The molecular weight excluding hydrogens is 396 g/mol. The highest BCUT2D eigenvalue weighted by atomic mass is 32.1. The van der Waals surface area contributed by atoms with Gasteiger partial charge in [0.25, 0.3) is 0 Å². The zero-order chi connectivity index (χ0) is 21.1. The third-order valence-electron chi connectivity index (χ3n) is 5.99. The molecule has 3 aromatic rings. The molecule has 1 unspecified atom stereocenters. The minimum atomic E-state index is 0.354. The van der Waals surface area contributed by atoms with Crippen LogP contribution >= 0.6 is 12.2 Å². The van der Waals surface area contributed by atoms with Crippen LogP contribution in [-0.4, -0.2) is 35.1 Å². The van der Waals surface area contributed by atoms with Crippen LogP contribution < -0.4 is 14.4 Å². The lowest BCUT2D eigenvalue weighted by Crippen LogP contribution is -3.09. The SMILES string of the molecule is COc1ccc([C@H]2CCC[NH+]2Cn2nc(Cc3ccccc3)n(C)c2=S)c(OC)c1. The van der Waals surface area contributed by atoms with Crippen molar-refractivity contribution in [3.63, 3.8) is 0 Å². The fraction of sp³-hybridized carbons (Fsp3) is 0.391. The molecule has 1 aromatic heterocycles. The number of ether oxygens (including phenoxy) is 2. The first-order valence-corrected chi connectivity index (χ1v) is 10.7. The molecule has 0 bridgehead atoms. The van der Waals surface area contributed by atoms with E-state index in [0.29, 0.717) is 6.04 Å². The van der Waals surface area contributed by atoms with E-state index in [2.05, 4.69) is 30.3 Å². The Kier molecular flexibility index (Phi) is 6.20. The molecular formula is C23H29N4O2S+. The van der Waals surface area contributed by atoms with Crippen molar-refractivity contribution in [2.45, 2.75) is 32.0 Å².